The van der Waals surface area contributed by atoms with E-state index < -0.39 is 34.8 Å². The Morgan fingerprint density at radius 1 is 1.18 bits per heavy atom. The molecule has 0 radical (unpaired) electrons. The number of aliphatic hydroxyl groups is 1. The number of halogens is 3. The van der Waals surface area contributed by atoms with Gasteiger partial charge in [0.15, 0.2) is 0 Å². The molecule has 2 aromatic carbocycles. The highest BCUT2D eigenvalue weighted by Crippen LogP contribution is 2.57. The number of fused-ring (bicyclic) bond motifs is 2. The maximum absolute atomic E-state index is 15.8. The molecule has 9 heteroatoms. The fraction of sp³-hybridized carbons (Fsp3) is 0.533. The number of hydrogen-bond acceptors (Lipinski definition) is 4. The number of benzene rings is 2. The molecule has 2 heterocycles. The number of amides is 2. The molecule has 210 valence electrons. The van der Waals surface area contributed by atoms with Crippen molar-refractivity contribution < 1.29 is 19.1 Å². The van der Waals surface area contributed by atoms with E-state index in [9.17, 15) is 14.7 Å². The van der Waals surface area contributed by atoms with Gasteiger partial charge >= 0.3 is 0 Å². The van der Waals surface area contributed by atoms with Crippen molar-refractivity contribution in [2.24, 2.45) is 5.41 Å². The van der Waals surface area contributed by atoms with Crippen LogP contribution in [0.2, 0.25) is 10.0 Å². The quantitative estimate of drug-likeness (QED) is 0.377. The van der Waals surface area contributed by atoms with Crippen LogP contribution in [0.4, 0.5) is 10.1 Å². The highest BCUT2D eigenvalue weighted by molar-refractivity contribution is 6.31. The maximum atomic E-state index is 15.8. The van der Waals surface area contributed by atoms with E-state index in [1.54, 1.807) is 24.3 Å². The summed E-state index contributed by atoms with van der Waals surface area (Å²) < 4.78 is 15.8. The Balaban J connectivity index is 1.65. The van der Waals surface area contributed by atoms with Crippen molar-refractivity contribution in [3.63, 3.8) is 0 Å². The zero-order chi connectivity index (χ0) is 28.3. The molecule has 0 unspecified atom stereocenters. The van der Waals surface area contributed by atoms with Gasteiger partial charge in [0.1, 0.15) is 11.2 Å². The van der Waals surface area contributed by atoms with Crippen molar-refractivity contribution >= 4 is 40.7 Å². The Labute approximate surface area is 239 Å². The molecule has 4 N–H and O–H groups in total. The lowest BCUT2D eigenvalue weighted by Crippen LogP contribution is -2.50. The zero-order valence-corrected chi connectivity index (χ0v) is 24.2. The molecule has 2 aliphatic heterocycles. The second-order valence-corrected chi connectivity index (χ2v) is 13.7. The third-order valence-corrected chi connectivity index (χ3v) is 9.16. The average molecular weight is 577 g/mol. The lowest BCUT2D eigenvalue weighted by atomic mass is 9.62. The summed E-state index contributed by atoms with van der Waals surface area (Å²) in [6, 6.07) is 8.47. The van der Waals surface area contributed by atoms with Gasteiger partial charge in [0.25, 0.3) is 0 Å². The van der Waals surface area contributed by atoms with Crippen LogP contribution < -0.4 is 16.0 Å². The molecule has 5 rings (SSSR count). The lowest BCUT2D eigenvalue weighted by molar-refractivity contribution is -0.125. The van der Waals surface area contributed by atoms with Crippen molar-refractivity contribution in [1.82, 2.24) is 10.6 Å². The van der Waals surface area contributed by atoms with Gasteiger partial charge < -0.3 is 21.1 Å². The van der Waals surface area contributed by atoms with E-state index in [1.807, 2.05) is 13.0 Å². The molecule has 3 aliphatic rings. The molecule has 1 saturated carbocycles. The summed E-state index contributed by atoms with van der Waals surface area (Å²) in [5, 5.41) is 20.4. The first kappa shape index (κ1) is 28.3. The summed E-state index contributed by atoms with van der Waals surface area (Å²) in [5.74, 6) is -2.10. The van der Waals surface area contributed by atoms with Crippen LogP contribution in [0.15, 0.2) is 36.4 Å². The Kier molecular flexibility index (Phi) is 7.28. The largest absolute Gasteiger partial charge is 0.390 e. The van der Waals surface area contributed by atoms with Gasteiger partial charge in [-0.2, -0.15) is 0 Å². The van der Waals surface area contributed by atoms with E-state index in [0.717, 1.165) is 0 Å². The number of carbonyl (C=O) groups is 2. The van der Waals surface area contributed by atoms with Crippen LogP contribution in [0.1, 0.15) is 76.8 Å². The summed E-state index contributed by atoms with van der Waals surface area (Å²) >= 11 is 12.5. The zero-order valence-electron chi connectivity index (χ0n) is 22.7. The van der Waals surface area contributed by atoms with E-state index in [-0.39, 0.29) is 33.9 Å². The number of carbonyl (C=O) groups excluding carboxylic acids is 2. The van der Waals surface area contributed by atoms with Gasteiger partial charge in [0.2, 0.25) is 11.8 Å². The van der Waals surface area contributed by atoms with Crippen molar-refractivity contribution in [2.45, 2.75) is 94.9 Å². The summed E-state index contributed by atoms with van der Waals surface area (Å²) in [4.78, 5) is 28.2. The van der Waals surface area contributed by atoms with Crippen LogP contribution in [0.5, 0.6) is 0 Å². The van der Waals surface area contributed by atoms with Crippen LogP contribution >= 0.6 is 23.2 Å². The van der Waals surface area contributed by atoms with Gasteiger partial charge in [-0.25, -0.2) is 4.39 Å². The topological polar surface area (TPSA) is 90.5 Å². The van der Waals surface area contributed by atoms with Crippen molar-refractivity contribution in [3.05, 3.63) is 63.4 Å². The molecule has 1 saturated heterocycles. The molecule has 0 bridgehead atoms. The molecular weight excluding hydrogens is 540 g/mol. The Morgan fingerprint density at radius 3 is 2.54 bits per heavy atom. The minimum atomic E-state index is -1.28. The Bertz CT molecular complexity index is 1300. The summed E-state index contributed by atoms with van der Waals surface area (Å²) in [7, 11) is 0. The minimum Gasteiger partial charge on any atom is -0.390 e. The van der Waals surface area contributed by atoms with Gasteiger partial charge in [0, 0.05) is 28.7 Å². The number of nitrogens with one attached hydrogen (secondary N) is 3. The molecular formula is C30H36Cl2FN3O3. The van der Waals surface area contributed by atoms with Crippen LogP contribution in [0.3, 0.4) is 0 Å². The minimum absolute atomic E-state index is 0.0645. The highest BCUT2D eigenvalue weighted by Gasteiger charge is 2.66. The van der Waals surface area contributed by atoms with E-state index >= 15 is 4.39 Å². The van der Waals surface area contributed by atoms with E-state index in [0.29, 0.717) is 48.4 Å². The number of hydrogen-bond donors (Lipinski definition) is 4. The molecule has 6 nitrogen and oxygen atoms in total. The van der Waals surface area contributed by atoms with Gasteiger partial charge in [-0.15, -0.1) is 0 Å². The predicted octanol–water partition coefficient (Wildman–Crippen LogP) is 5.69. The van der Waals surface area contributed by atoms with Crippen LogP contribution in [0, 0.1) is 11.2 Å². The monoisotopic (exact) mass is 575 g/mol. The van der Waals surface area contributed by atoms with Gasteiger partial charge in [0.05, 0.1) is 16.7 Å². The molecule has 1 spiro atoms. The summed E-state index contributed by atoms with van der Waals surface area (Å²) in [6.07, 6.45) is 2.99. The third kappa shape index (κ3) is 5.08. The van der Waals surface area contributed by atoms with Gasteiger partial charge in [-0.05, 0) is 73.8 Å². The first-order chi connectivity index (χ1) is 18.2. The summed E-state index contributed by atoms with van der Waals surface area (Å²) in [5.41, 5.74) is -0.762. The summed E-state index contributed by atoms with van der Waals surface area (Å²) in [6.45, 7) is 8.04. The first-order valence-electron chi connectivity index (χ1n) is 13.6. The second-order valence-electron chi connectivity index (χ2n) is 12.9. The van der Waals surface area contributed by atoms with Crippen LogP contribution in [-0.4, -0.2) is 40.6 Å². The van der Waals surface area contributed by atoms with E-state index in [4.69, 9.17) is 23.2 Å². The third-order valence-electron chi connectivity index (χ3n) is 8.63. The average Bonchev–Trinajstić information content (AvgIpc) is 3.31. The van der Waals surface area contributed by atoms with Crippen LogP contribution in [-0.2, 0) is 15.0 Å². The van der Waals surface area contributed by atoms with Gasteiger partial charge in [-0.3, -0.25) is 9.59 Å². The van der Waals surface area contributed by atoms with Gasteiger partial charge in [-0.1, -0.05) is 62.2 Å². The van der Waals surface area contributed by atoms with E-state index in [1.165, 1.54) is 6.07 Å². The predicted molar refractivity (Wildman–Crippen MR) is 152 cm³/mol. The fourth-order valence-electron chi connectivity index (χ4n) is 6.83. The second kappa shape index (κ2) is 10.0. The first-order valence-corrected chi connectivity index (χ1v) is 14.3. The van der Waals surface area contributed by atoms with E-state index in [2.05, 4.69) is 36.7 Å². The molecule has 1 aliphatic carbocycles. The lowest BCUT2D eigenvalue weighted by Gasteiger charge is -2.38. The maximum Gasteiger partial charge on any atom is 0.238 e. The number of anilines is 1. The van der Waals surface area contributed by atoms with Crippen molar-refractivity contribution in [3.8, 4) is 0 Å². The SMILES string of the molecule is CC(C)(C)C[C@@H]1N[C@@H](C(=O)N[C@H]2CC[C@](C)(O)CC2)[C@H](c2cccc(Cl)c2F)[C@]12C(=O)Nc1cc(Cl)ccc12. The highest BCUT2D eigenvalue weighted by atomic mass is 35.5. The molecule has 39 heavy (non-hydrogen) atoms. The molecule has 0 aromatic heterocycles. The smallest absolute Gasteiger partial charge is 0.238 e. The Hall–Kier alpha value is -2.19. The van der Waals surface area contributed by atoms with Crippen LogP contribution in [0.25, 0.3) is 0 Å². The fourth-order valence-corrected chi connectivity index (χ4v) is 7.18. The standard InChI is InChI=1S/C30H36Cl2FN3O3/c1-28(2,3)15-22-30(19-9-8-16(31)14-21(19)35-27(30)38)23(18-6-5-7-20(32)24(18)33)25(36-22)26(37)34-17-10-12-29(4,39)13-11-17/h5-9,14,17,22-23,25,36,39H,10-13,15H2,1-4H3,(H,34,37)(H,35,38)/t17-,22-,23-,25+,29-,30+/m0/s1. The van der Waals surface area contributed by atoms with Crippen molar-refractivity contribution in [1.29, 1.82) is 0 Å². The number of rotatable bonds is 4. The Morgan fingerprint density at radius 2 is 1.87 bits per heavy atom. The molecule has 2 aromatic rings. The normalized spacial score (nSPS) is 32.3. The molecule has 2 fully saturated rings. The molecule has 2 amide bonds. The van der Waals surface area contributed by atoms with Crippen molar-refractivity contribution in [2.75, 3.05) is 5.32 Å². The molecule has 4 atom stereocenters.